The van der Waals surface area contributed by atoms with E-state index >= 15 is 0 Å². The standard InChI is InChI=1S/C13H18BrNO2/c1-4-9(2)8-15(3)10-5-6-11(13(16)17)12(14)7-10/h5-7,9H,4,8H2,1-3H3,(H,16,17). The first-order valence-electron chi connectivity index (χ1n) is 5.69. The molecular weight excluding hydrogens is 282 g/mol. The smallest absolute Gasteiger partial charge is 0.336 e. The van der Waals surface area contributed by atoms with Crippen molar-refractivity contribution in [2.24, 2.45) is 5.92 Å². The summed E-state index contributed by atoms with van der Waals surface area (Å²) in [6.07, 6.45) is 1.14. The van der Waals surface area contributed by atoms with Gasteiger partial charge in [-0.05, 0) is 40.0 Å². The van der Waals surface area contributed by atoms with Crippen molar-refractivity contribution in [3.8, 4) is 0 Å². The van der Waals surface area contributed by atoms with E-state index in [4.69, 9.17) is 5.11 Å². The molecule has 0 aliphatic carbocycles. The number of hydrogen-bond acceptors (Lipinski definition) is 2. The third-order valence-corrected chi connectivity index (χ3v) is 3.56. The number of halogens is 1. The summed E-state index contributed by atoms with van der Waals surface area (Å²) < 4.78 is 0.624. The number of carboxylic acid groups (broad SMARTS) is 1. The van der Waals surface area contributed by atoms with Crippen molar-refractivity contribution in [3.05, 3.63) is 28.2 Å². The van der Waals surface area contributed by atoms with Gasteiger partial charge in [-0.1, -0.05) is 20.3 Å². The molecule has 3 nitrogen and oxygen atoms in total. The quantitative estimate of drug-likeness (QED) is 0.902. The predicted molar refractivity (Wildman–Crippen MR) is 73.8 cm³/mol. The van der Waals surface area contributed by atoms with Gasteiger partial charge >= 0.3 is 5.97 Å². The van der Waals surface area contributed by atoms with Crippen LogP contribution in [0.15, 0.2) is 22.7 Å². The molecule has 0 saturated heterocycles. The number of anilines is 1. The summed E-state index contributed by atoms with van der Waals surface area (Å²) >= 11 is 3.29. The minimum absolute atomic E-state index is 0.297. The van der Waals surface area contributed by atoms with Gasteiger partial charge in [0.2, 0.25) is 0 Å². The van der Waals surface area contributed by atoms with Gasteiger partial charge in [0.15, 0.2) is 0 Å². The van der Waals surface area contributed by atoms with E-state index in [1.165, 1.54) is 0 Å². The third-order valence-electron chi connectivity index (χ3n) is 2.91. The first-order chi connectivity index (χ1) is 7.95. The van der Waals surface area contributed by atoms with Crippen LogP contribution in [0.2, 0.25) is 0 Å². The molecule has 1 atom stereocenters. The van der Waals surface area contributed by atoms with Crippen LogP contribution < -0.4 is 4.90 Å². The molecule has 1 unspecified atom stereocenters. The Morgan fingerprint density at radius 3 is 2.65 bits per heavy atom. The second kappa shape index (κ2) is 6.05. The van der Waals surface area contributed by atoms with Crippen LogP contribution >= 0.6 is 15.9 Å². The summed E-state index contributed by atoms with van der Waals surface area (Å²) in [7, 11) is 2.02. The Morgan fingerprint density at radius 1 is 1.53 bits per heavy atom. The molecule has 0 aliphatic heterocycles. The highest BCUT2D eigenvalue weighted by molar-refractivity contribution is 9.10. The molecule has 1 N–H and O–H groups in total. The number of carboxylic acids is 1. The van der Waals surface area contributed by atoms with Crippen molar-refractivity contribution in [2.75, 3.05) is 18.5 Å². The fourth-order valence-electron chi connectivity index (χ4n) is 1.62. The highest BCUT2D eigenvalue weighted by Crippen LogP contribution is 2.24. The minimum Gasteiger partial charge on any atom is -0.478 e. The van der Waals surface area contributed by atoms with Gasteiger partial charge in [0.25, 0.3) is 0 Å². The fraction of sp³-hybridized carbons (Fsp3) is 0.462. The predicted octanol–water partition coefficient (Wildman–Crippen LogP) is 3.63. The minimum atomic E-state index is -0.909. The van der Waals surface area contributed by atoms with E-state index in [1.807, 2.05) is 19.2 Å². The molecule has 94 valence electrons. The Hall–Kier alpha value is -1.03. The largest absolute Gasteiger partial charge is 0.478 e. The number of rotatable bonds is 5. The monoisotopic (exact) mass is 299 g/mol. The van der Waals surface area contributed by atoms with E-state index in [-0.39, 0.29) is 0 Å². The van der Waals surface area contributed by atoms with Crippen LogP contribution in [0.5, 0.6) is 0 Å². The summed E-state index contributed by atoms with van der Waals surface area (Å²) in [5.41, 5.74) is 1.33. The Bertz CT molecular complexity index is 406. The van der Waals surface area contributed by atoms with E-state index in [2.05, 4.69) is 34.7 Å². The van der Waals surface area contributed by atoms with Crippen LogP contribution in [-0.4, -0.2) is 24.7 Å². The Balaban J connectivity index is 2.86. The van der Waals surface area contributed by atoms with Crippen molar-refractivity contribution in [3.63, 3.8) is 0 Å². The molecule has 0 radical (unpaired) electrons. The van der Waals surface area contributed by atoms with Crippen LogP contribution in [0, 0.1) is 5.92 Å². The first-order valence-corrected chi connectivity index (χ1v) is 6.49. The molecule has 0 amide bonds. The Labute approximate surface area is 111 Å². The zero-order valence-electron chi connectivity index (χ0n) is 10.4. The van der Waals surface area contributed by atoms with Crippen molar-refractivity contribution < 1.29 is 9.90 Å². The van der Waals surface area contributed by atoms with Crippen LogP contribution in [0.25, 0.3) is 0 Å². The molecular formula is C13H18BrNO2. The maximum atomic E-state index is 10.9. The number of benzene rings is 1. The molecule has 1 aromatic rings. The highest BCUT2D eigenvalue weighted by atomic mass is 79.9. The number of hydrogen-bond donors (Lipinski definition) is 1. The van der Waals surface area contributed by atoms with Gasteiger partial charge in [0.05, 0.1) is 5.56 Å². The van der Waals surface area contributed by atoms with Crippen LogP contribution in [0.4, 0.5) is 5.69 Å². The SMILES string of the molecule is CCC(C)CN(C)c1ccc(C(=O)O)c(Br)c1. The van der Waals surface area contributed by atoms with Crippen molar-refractivity contribution in [1.82, 2.24) is 0 Å². The lowest BCUT2D eigenvalue weighted by atomic mass is 10.1. The van der Waals surface area contributed by atoms with E-state index in [0.29, 0.717) is 16.0 Å². The fourth-order valence-corrected chi connectivity index (χ4v) is 2.15. The van der Waals surface area contributed by atoms with Gasteiger partial charge in [-0.15, -0.1) is 0 Å². The maximum absolute atomic E-state index is 10.9. The van der Waals surface area contributed by atoms with Crippen molar-refractivity contribution in [1.29, 1.82) is 0 Å². The topological polar surface area (TPSA) is 40.5 Å². The van der Waals surface area contributed by atoms with Gasteiger partial charge in [-0.2, -0.15) is 0 Å². The molecule has 0 spiro atoms. The summed E-state index contributed by atoms with van der Waals surface area (Å²) in [5.74, 6) is -0.286. The molecule has 4 heteroatoms. The van der Waals surface area contributed by atoms with E-state index in [9.17, 15) is 4.79 Å². The molecule has 1 aromatic carbocycles. The van der Waals surface area contributed by atoms with E-state index in [0.717, 1.165) is 18.7 Å². The lowest BCUT2D eigenvalue weighted by Crippen LogP contribution is -2.23. The van der Waals surface area contributed by atoms with E-state index < -0.39 is 5.97 Å². The molecule has 0 bridgehead atoms. The summed E-state index contributed by atoms with van der Waals surface area (Å²) in [6, 6.07) is 5.33. The Morgan fingerprint density at radius 2 is 2.18 bits per heavy atom. The number of nitrogens with zero attached hydrogens (tertiary/aromatic N) is 1. The Kier molecular flexibility index (Phi) is 5.00. The number of carbonyl (C=O) groups is 1. The molecule has 0 fully saturated rings. The van der Waals surface area contributed by atoms with Gasteiger partial charge in [0, 0.05) is 23.8 Å². The summed E-state index contributed by atoms with van der Waals surface area (Å²) in [5, 5.41) is 8.94. The molecule has 0 aromatic heterocycles. The van der Waals surface area contributed by atoms with E-state index in [1.54, 1.807) is 6.07 Å². The molecule has 17 heavy (non-hydrogen) atoms. The van der Waals surface area contributed by atoms with Crippen LogP contribution in [-0.2, 0) is 0 Å². The molecule has 0 aliphatic rings. The van der Waals surface area contributed by atoms with Crippen molar-refractivity contribution >= 4 is 27.6 Å². The highest BCUT2D eigenvalue weighted by Gasteiger charge is 2.11. The van der Waals surface area contributed by atoms with Crippen molar-refractivity contribution in [2.45, 2.75) is 20.3 Å². The average molecular weight is 300 g/mol. The normalized spacial score (nSPS) is 12.2. The first kappa shape index (κ1) is 14.0. The second-order valence-corrected chi connectivity index (χ2v) is 5.22. The molecule has 0 heterocycles. The maximum Gasteiger partial charge on any atom is 0.336 e. The van der Waals surface area contributed by atoms with Crippen LogP contribution in [0.1, 0.15) is 30.6 Å². The second-order valence-electron chi connectivity index (χ2n) is 4.36. The van der Waals surface area contributed by atoms with Gasteiger partial charge in [-0.3, -0.25) is 0 Å². The lowest BCUT2D eigenvalue weighted by Gasteiger charge is -2.23. The van der Waals surface area contributed by atoms with Gasteiger partial charge in [-0.25, -0.2) is 4.79 Å². The lowest BCUT2D eigenvalue weighted by molar-refractivity contribution is 0.0696. The summed E-state index contributed by atoms with van der Waals surface area (Å²) in [4.78, 5) is 13.0. The zero-order chi connectivity index (χ0) is 13.0. The van der Waals surface area contributed by atoms with Crippen LogP contribution in [0.3, 0.4) is 0 Å². The third kappa shape index (κ3) is 3.73. The van der Waals surface area contributed by atoms with Gasteiger partial charge < -0.3 is 10.0 Å². The molecule has 1 rings (SSSR count). The summed E-state index contributed by atoms with van der Waals surface area (Å²) in [6.45, 7) is 5.34. The molecule has 0 saturated carbocycles. The average Bonchev–Trinajstić information content (AvgIpc) is 2.28. The van der Waals surface area contributed by atoms with Gasteiger partial charge in [0.1, 0.15) is 0 Å². The number of aromatic carboxylic acids is 1. The zero-order valence-corrected chi connectivity index (χ0v) is 12.0.